The Morgan fingerprint density at radius 2 is 2.06 bits per heavy atom. The molecule has 0 saturated heterocycles. The van der Waals surface area contributed by atoms with Crippen LogP contribution in [0.15, 0.2) is 18.2 Å². The van der Waals surface area contributed by atoms with Crippen LogP contribution >= 0.6 is 0 Å². The highest BCUT2D eigenvalue weighted by molar-refractivity contribution is 5.69. The summed E-state index contributed by atoms with van der Waals surface area (Å²) in [5, 5.41) is 7.33. The molecule has 2 aromatic rings. The minimum absolute atomic E-state index is 0.382. The Hall–Kier alpha value is -1.75. The van der Waals surface area contributed by atoms with Gasteiger partial charge in [-0.3, -0.25) is 4.68 Å². The highest BCUT2D eigenvalue weighted by atomic mass is 19.1. The van der Waals surface area contributed by atoms with Gasteiger partial charge in [0, 0.05) is 36.5 Å². The molecule has 0 bridgehead atoms. The van der Waals surface area contributed by atoms with Crippen LogP contribution in [0.25, 0.3) is 11.1 Å². The van der Waals surface area contributed by atoms with Crippen LogP contribution < -0.4 is 5.32 Å². The zero-order valence-electron chi connectivity index (χ0n) is 10.6. The van der Waals surface area contributed by atoms with E-state index in [0.717, 1.165) is 23.0 Å². The Bertz CT molecular complexity index is 576. The van der Waals surface area contributed by atoms with Crippen molar-refractivity contribution in [2.45, 2.75) is 13.5 Å². The Morgan fingerprint density at radius 3 is 2.67 bits per heavy atom. The lowest BCUT2D eigenvalue weighted by atomic mass is 10.0. The summed E-state index contributed by atoms with van der Waals surface area (Å²) < 4.78 is 28.5. The van der Waals surface area contributed by atoms with E-state index in [9.17, 15) is 8.78 Å². The zero-order chi connectivity index (χ0) is 13.3. The van der Waals surface area contributed by atoms with Gasteiger partial charge in [0.05, 0.1) is 5.69 Å². The first-order valence-corrected chi connectivity index (χ1v) is 5.67. The Kier molecular flexibility index (Phi) is 3.43. The Balaban J connectivity index is 2.62. The average molecular weight is 251 g/mol. The SMILES string of the molecule is CNCc1nn(C)c(C)c1-c1ccc(F)cc1F. The van der Waals surface area contributed by atoms with E-state index >= 15 is 0 Å². The van der Waals surface area contributed by atoms with Gasteiger partial charge in [0.15, 0.2) is 0 Å². The van der Waals surface area contributed by atoms with E-state index in [2.05, 4.69) is 10.4 Å². The summed E-state index contributed by atoms with van der Waals surface area (Å²) in [7, 11) is 3.61. The predicted octanol–water partition coefficient (Wildman–Crippen LogP) is 2.39. The molecule has 0 amide bonds. The van der Waals surface area contributed by atoms with Crippen molar-refractivity contribution < 1.29 is 8.78 Å². The van der Waals surface area contributed by atoms with E-state index in [4.69, 9.17) is 0 Å². The summed E-state index contributed by atoms with van der Waals surface area (Å²) in [5.74, 6) is -1.14. The summed E-state index contributed by atoms with van der Waals surface area (Å²) in [6.45, 7) is 2.40. The molecule has 0 aliphatic carbocycles. The minimum atomic E-state index is -0.576. The number of benzene rings is 1. The van der Waals surface area contributed by atoms with Crippen molar-refractivity contribution in [2.24, 2.45) is 7.05 Å². The van der Waals surface area contributed by atoms with E-state index in [0.29, 0.717) is 12.1 Å². The molecule has 0 saturated carbocycles. The second kappa shape index (κ2) is 4.86. The number of aromatic nitrogens is 2. The molecule has 5 heteroatoms. The summed E-state index contributed by atoms with van der Waals surface area (Å²) >= 11 is 0. The highest BCUT2D eigenvalue weighted by Crippen LogP contribution is 2.29. The first-order chi connectivity index (χ1) is 8.54. The quantitative estimate of drug-likeness (QED) is 0.907. The molecular formula is C13H15F2N3. The van der Waals surface area contributed by atoms with E-state index in [1.807, 2.05) is 6.92 Å². The van der Waals surface area contributed by atoms with Gasteiger partial charge < -0.3 is 5.32 Å². The molecule has 0 radical (unpaired) electrons. The lowest BCUT2D eigenvalue weighted by Crippen LogP contribution is -2.07. The molecule has 1 heterocycles. The Labute approximate surface area is 104 Å². The van der Waals surface area contributed by atoms with Crippen LogP contribution in [-0.2, 0) is 13.6 Å². The van der Waals surface area contributed by atoms with E-state index in [1.54, 1.807) is 18.8 Å². The Morgan fingerprint density at radius 1 is 1.33 bits per heavy atom. The molecule has 96 valence electrons. The number of nitrogens with one attached hydrogen (secondary N) is 1. The second-order valence-electron chi connectivity index (χ2n) is 4.19. The number of aryl methyl sites for hydroxylation is 1. The monoisotopic (exact) mass is 251 g/mol. The van der Waals surface area contributed by atoms with Crippen molar-refractivity contribution in [2.75, 3.05) is 7.05 Å². The molecule has 0 spiro atoms. The lowest BCUT2D eigenvalue weighted by Gasteiger charge is -2.05. The largest absolute Gasteiger partial charge is 0.314 e. The zero-order valence-corrected chi connectivity index (χ0v) is 10.6. The van der Waals surface area contributed by atoms with Gasteiger partial charge in [-0.05, 0) is 26.1 Å². The van der Waals surface area contributed by atoms with Crippen molar-refractivity contribution in [3.8, 4) is 11.1 Å². The number of hydrogen-bond donors (Lipinski definition) is 1. The third-order valence-electron chi connectivity index (χ3n) is 2.95. The molecule has 1 aromatic heterocycles. The summed E-state index contributed by atoms with van der Waals surface area (Å²) in [4.78, 5) is 0. The van der Waals surface area contributed by atoms with Crippen LogP contribution in [0.1, 0.15) is 11.4 Å². The molecule has 1 N–H and O–H groups in total. The third-order valence-corrected chi connectivity index (χ3v) is 2.95. The first-order valence-electron chi connectivity index (χ1n) is 5.67. The van der Waals surface area contributed by atoms with Crippen molar-refractivity contribution in [1.82, 2.24) is 15.1 Å². The fraction of sp³-hybridized carbons (Fsp3) is 0.308. The number of hydrogen-bond acceptors (Lipinski definition) is 2. The van der Waals surface area contributed by atoms with E-state index in [1.165, 1.54) is 12.1 Å². The van der Waals surface area contributed by atoms with Crippen molar-refractivity contribution >= 4 is 0 Å². The van der Waals surface area contributed by atoms with Crippen LogP contribution in [0.2, 0.25) is 0 Å². The second-order valence-corrected chi connectivity index (χ2v) is 4.19. The van der Waals surface area contributed by atoms with Gasteiger partial charge in [0.25, 0.3) is 0 Å². The standard InChI is InChI=1S/C13H15F2N3/c1-8-13(12(7-16-2)17-18(8)3)10-5-4-9(14)6-11(10)15/h4-6,16H,7H2,1-3H3. The molecule has 2 rings (SSSR count). The van der Waals surface area contributed by atoms with Crippen molar-refractivity contribution in [1.29, 1.82) is 0 Å². The normalized spacial score (nSPS) is 10.9. The minimum Gasteiger partial charge on any atom is -0.314 e. The first kappa shape index (κ1) is 12.7. The molecule has 0 fully saturated rings. The molecular weight excluding hydrogens is 236 g/mol. The molecule has 0 unspecified atom stereocenters. The third kappa shape index (κ3) is 2.13. The smallest absolute Gasteiger partial charge is 0.134 e. The number of nitrogens with zero attached hydrogens (tertiary/aromatic N) is 2. The van der Waals surface area contributed by atoms with Gasteiger partial charge in [0.1, 0.15) is 11.6 Å². The topological polar surface area (TPSA) is 29.9 Å². The van der Waals surface area contributed by atoms with Crippen molar-refractivity contribution in [3.63, 3.8) is 0 Å². The maximum Gasteiger partial charge on any atom is 0.134 e. The molecule has 0 aliphatic rings. The predicted molar refractivity (Wildman–Crippen MR) is 66.1 cm³/mol. The molecule has 18 heavy (non-hydrogen) atoms. The fourth-order valence-electron chi connectivity index (χ4n) is 2.01. The van der Waals surface area contributed by atoms with Gasteiger partial charge >= 0.3 is 0 Å². The fourth-order valence-corrected chi connectivity index (χ4v) is 2.01. The van der Waals surface area contributed by atoms with Crippen LogP contribution in [0.3, 0.4) is 0 Å². The summed E-state index contributed by atoms with van der Waals surface area (Å²) in [5.41, 5.74) is 2.71. The van der Waals surface area contributed by atoms with Crippen molar-refractivity contribution in [3.05, 3.63) is 41.2 Å². The maximum atomic E-state index is 13.8. The molecule has 3 nitrogen and oxygen atoms in total. The van der Waals surface area contributed by atoms with Crippen LogP contribution in [0.4, 0.5) is 8.78 Å². The number of halogens is 2. The van der Waals surface area contributed by atoms with Crippen LogP contribution in [0, 0.1) is 18.6 Å². The van der Waals surface area contributed by atoms with Gasteiger partial charge in [-0.15, -0.1) is 0 Å². The van der Waals surface area contributed by atoms with Gasteiger partial charge in [-0.1, -0.05) is 0 Å². The highest BCUT2D eigenvalue weighted by Gasteiger charge is 2.17. The maximum absolute atomic E-state index is 13.8. The molecule has 1 aromatic carbocycles. The number of rotatable bonds is 3. The van der Waals surface area contributed by atoms with Gasteiger partial charge in [0.2, 0.25) is 0 Å². The summed E-state index contributed by atoms with van der Waals surface area (Å²) in [6.07, 6.45) is 0. The average Bonchev–Trinajstić information content (AvgIpc) is 2.57. The van der Waals surface area contributed by atoms with Gasteiger partial charge in [-0.2, -0.15) is 5.10 Å². The molecule has 0 aliphatic heterocycles. The van der Waals surface area contributed by atoms with Crippen LogP contribution in [0.5, 0.6) is 0 Å². The van der Waals surface area contributed by atoms with E-state index in [-0.39, 0.29) is 0 Å². The summed E-state index contributed by atoms with van der Waals surface area (Å²) in [6, 6.07) is 3.60. The van der Waals surface area contributed by atoms with E-state index < -0.39 is 11.6 Å². The lowest BCUT2D eigenvalue weighted by molar-refractivity contribution is 0.585. The van der Waals surface area contributed by atoms with Crippen LogP contribution in [-0.4, -0.2) is 16.8 Å². The molecule has 0 atom stereocenters. The van der Waals surface area contributed by atoms with Gasteiger partial charge in [-0.25, -0.2) is 8.78 Å².